The highest BCUT2D eigenvalue weighted by Gasteiger charge is 2.35. The Balaban J connectivity index is 1.41. The highest BCUT2D eigenvalue weighted by molar-refractivity contribution is 8.19. The van der Waals surface area contributed by atoms with Gasteiger partial charge in [0, 0.05) is 10.0 Å². The molecule has 0 aliphatic carbocycles. The number of hydrogen-bond acceptors (Lipinski definition) is 4. The van der Waals surface area contributed by atoms with Gasteiger partial charge in [-0.25, -0.2) is 4.99 Å². The van der Waals surface area contributed by atoms with Crippen molar-refractivity contribution in [2.75, 3.05) is 4.90 Å². The molecule has 1 fully saturated rings. The Hall–Kier alpha value is -3.51. The third-order valence-electron chi connectivity index (χ3n) is 7.00. The molecule has 208 valence electrons. The first-order chi connectivity index (χ1) is 19.6. The summed E-state index contributed by atoms with van der Waals surface area (Å²) in [5.74, 6) is 0.601. The number of thioether (sulfide) groups is 1. The summed E-state index contributed by atoms with van der Waals surface area (Å²) < 4.78 is 6.09. The van der Waals surface area contributed by atoms with Crippen molar-refractivity contribution >= 4 is 63.5 Å². The van der Waals surface area contributed by atoms with Gasteiger partial charge < -0.3 is 4.74 Å². The molecule has 4 aromatic carbocycles. The normalized spacial score (nSPS) is 15.3. The molecule has 0 spiro atoms. The Morgan fingerprint density at radius 3 is 2.07 bits per heavy atom. The number of hydrogen-bond donors (Lipinski definition) is 0. The first-order valence-corrected chi connectivity index (χ1v) is 14.8. The Morgan fingerprint density at radius 1 is 0.805 bits per heavy atom. The number of carbonyl (C=O) groups excluding carboxylic acids is 1. The Morgan fingerprint density at radius 2 is 1.44 bits per heavy atom. The first kappa shape index (κ1) is 29.0. The summed E-state index contributed by atoms with van der Waals surface area (Å²) >= 11 is 14.1. The molecule has 0 saturated carbocycles. The predicted molar refractivity (Wildman–Crippen MR) is 174 cm³/mol. The number of anilines is 1. The van der Waals surface area contributed by atoms with E-state index in [0.717, 1.165) is 22.4 Å². The van der Waals surface area contributed by atoms with E-state index in [2.05, 4.69) is 32.9 Å². The Kier molecular flexibility index (Phi) is 8.60. The molecule has 0 atom stereocenters. The molecule has 7 heteroatoms. The smallest absolute Gasteiger partial charge is 0.271 e. The third-order valence-corrected chi connectivity index (χ3v) is 8.78. The van der Waals surface area contributed by atoms with Crippen molar-refractivity contribution in [1.29, 1.82) is 0 Å². The lowest BCUT2D eigenvalue weighted by atomic mass is 10.0. The molecule has 41 heavy (non-hydrogen) atoms. The number of nitrogens with zero attached hydrogens (tertiary/aromatic N) is 2. The van der Waals surface area contributed by atoms with Crippen LogP contribution in [0.1, 0.15) is 38.9 Å². The van der Waals surface area contributed by atoms with Crippen LogP contribution in [0.5, 0.6) is 5.75 Å². The number of aliphatic imine (C=N–C) groups is 1. The quantitative estimate of drug-likeness (QED) is 0.207. The van der Waals surface area contributed by atoms with Crippen molar-refractivity contribution in [3.05, 3.63) is 127 Å². The number of amides is 1. The molecule has 4 aromatic rings. The topological polar surface area (TPSA) is 41.9 Å². The molecule has 1 aliphatic heterocycles. The van der Waals surface area contributed by atoms with Crippen LogP contribution in [-0.4, -0.2) is 11.1 Å². The molecule has 0 radical (unpaired) electrons. The van der Waals surface area contributed by atoms with Gasteiger partial charge >= 0.3 is 0 Å². The van der Waals surface area contributed by atoms with E-state index in [-0.39, 0.29) is 5.91 Å². The van der Waals surface area contributed by atoms with E-state index >= 15 is 0 Å². The average Bonchev–Trinajstić information content (AvgIpc) is 3.22. The van der Waals surface area contributed by atoms with Crippen molar-refractivity contribution in [3.8, 4) is 5.75 Å². The zero-order chi connectivity index (χ0) is 29.3. The number of carbonyl (C=O) groups is 1. The molecule has 0 bridgehead atoms. The third kappa shape index (κ3) is 6.54. The fourth-order valence-electron chi connectivity index (χ4n) is 4.66. The zero-order valence-corrected chi connectivity index (χ0v) is 25.9. The summed E-state index contributed by atoms with van der Waals surface area (Å²) in [5.41, 5.74) is 9.01. The molecule has 4 nitrogen and oxygen atoms in total. The van der Waals surface area contributed by atoms with Gasteiger partial charge in [-0.2, -0.15) is 0 Å². The van der Waals surface area contributed by atoms with E-state index in [1.165, 1.54) is 34.0 Å². The van der Waals surface area contributed by atoms with Gasteiger partial charge in [-0.3, -0.25) is 9.69 Å². The average molecular weight is 602 g/mol. The minimum atomic E-state index is -0.169. The standard InChI is InChI=1S/C34H30Cl2N2O2S/c1-20-14-23(4)29(24(5)15-20)19-40-28-12-8-25(9-13-28)16-32-33(39)38(27-11-7-22(3)31(36)18-27)34(41-32)37-26-10-6-21(2)30(35)17-26/h6-18H,19H2,1-5H3/b32-16-,37-34?. The van der Waals surface area contributed by atoms with Crippen molar-refractivity contribution in [1.82, 2.24) is 0 Å². The maximum atomic E-state index is 13.7. The fourth-order valence-corrected chi connectivity index (χ4v) is 6.01. The summed E-state index contributed by atoms with van der Waals surface area (Å²) in [5, 5.41) is 1.74. The van der Waals surface area contributed by atoms with Crippen LogP contribution in [0.15, 0.2) is 82.7 Å². The number of ether oxygens (including phenoxy) is 1. The van der Waals surface area contributed by atoms with Crippen molar-refractivity contribution < 1.29 is 9.53 Å². The summed E-state index contributed by atoms with van der Waals surface area (Å²) in [6.07, 6.45) is 1.87. The first-order valence-electron chi connectivity index (χ1n) is 13.2. The lowest BCUT2D eigenvalue weighted by Crippen LogP contribution is -2.28. The molecular weight excluding hydrogens is 571 g/mol. The van der Waals surface area contributed by atoms with Crippen LogP contribution < -0.4 is 9.64 Å². The van der Waals surface area contributed by atoms with Gasteiger partial charge in [-0.05, 0) is 122 Å². The highest BCUT2D eigenvalue weighted by atomic mass is 35.5. The predicted octanol–water partition coefficient (Wildman–Crippen LogP) is 9.92. The second-order valence-corrected chi connectivity index (χ2v) is 12.1. The number of benzene rings is 4. The van der Waals surface area contributed by atoms with Gasteiger partial charge in [-0.1, -0.05) is 65.2 Å². The zero-order valence-electron chi connectivity index (χ0n) is 23.6. The number of amidine groups is 1. The number of aryl methyl sites for hydroxylation is 5. The van der Waals surface area contributed by atoms with Gasteiger partial charge in [0.1, 0.15) is 12.4 Å². The minimum absolute atomic E-state index is 0.169. The van der Waals surface area contributed by atoms with Crippen LogP contribution >= 0.6 is 35.0 Å². The second-order valence-electron chi connectivity index (χ2n) is 10.2. The van der Waals surface area contributed by atoms with E-state index in [1.807, 2.05) is 68.5 Å². The Labute approximate surface area is 255 Å². The molecule has 1 saturated heterocycles. The van der Waals surface area contributed by atoms with E-state index in [9.17, 15) is 4.79 Å². The lowest BCUT2D eigenvalue weighted by Gasteiger charge is -2.16. The maximum Gasteiger partial charge on any atom is 0.271 e. The molecule has 1 aliphatic rings. The van der Waals surface area contributed by atoms with E-state index in [4.69, 9.17) is 32.9 Å². The fraction of sp³-hybridized carbons (Fsp3) is 0.176. The van der Waals surface area contributed by atoms with E-state index < -0.39 is 0 Å². The van der Waals surface area contributed by atoms with Crippen LogP contribution in [0.2, 0.25) is 10.0 Å². The van der Waals surface area contributed by atoms with Crippen molar-refractivity contribution in [3.63, 3.8) is 0 Å². The van der Waals surface area contributed by atoms with Gasteiger partial charge in [0.05, 0.1) is 16.3 Å². The summed E-state index contributed by atoms with van der Waals surface area (Å²) in [6.45, 7) is 10.7. The molecule has 0 aromatic heterocycles. The molecule has 1 amide bonds. The maximum absolute atomic E-state index is 13.7. The van der Waals surface area contributed by atoms with Crippen LogP contribution in [0, 0.1) is 34.6 Å². The molecule has 1 heterocycles. The molecule has 0 unspecified atom stereocenters. The van der Waals surface area contributed by atoms with E-state index in [1.54, 1.807) is 17.0 Å². The summed E-state index contributed by atoms with van der Waals surface area (Å²) in [4.78, 5) is 20.7. The summed E-state index contributed by atoms with van der Waals surface area (Å²) in [7, 11) is 0. The van der Waals surface area contributed by atoms with E-state index in [0.29, 0.717) is 38.1 Å². The number of rotatable bonds is 6. The molecule has 5 rings (SSSR count). The highest BCUT2D eigenvalue weighted by Crippen LogP contribution is 2.39. The van der Waals surface area contributed by atoms with Crippen LogP contribution in [0.4, 0.5) is 11.4 Å². The van der Waals surface area contributed by atoms with Crippen LogP contribution in [0.25, 0.3) is 6.08 Å². The molecule has 0 N–H and O–H groups in total. The number of halogens is 2. The second kappa shape index (κ2) is 12.2. The van der Waals surface area contributed by atoms with Gasteiger partial charge in [0.25, 0.3) is 5.91 Å². The van der Waals surface area contributed by atoms with Crippen molar-refractivity contribution in [2.45, 2.75) is 41.2 Å². The van der Waals surface area contributed by atoms with Crippen LogP contribution in [0.3, 0.4) is 0 Å². The summed E-state index contributed by atoms with van der Waals surface area (Å²) in [6, 6.07) is 23.3. The largest absolute Gasteiger partial charge is 0.489 e. The Bertz CT molecular complexity index is 1690. The monoisotopic (exact) mass is 600 g/mol. The SMILES string of the molecule is Cc1cc(C)c(COc2ccc(/C=C3\SC(=Nc4ccc(C)c(Cl)c4)N(c4ccc(C)c(Cl)c4)C3=O)cc2)c(C)c1. The van der Waals surface area contributed by atoms with Gasteiger partial charge in [-0.15, -0.1) is 0 Å². The van der Waals surface area contributed by atoms with Gasteiger partial charge in [0.15, 0.2) is 5.17 Å². The lowest BCUT2D eigenvalue weighted by molar-refractivity contribution is -0.113. The van der Waals surface area contributed by atoms with Crippen molar-refractivity contribution in [2.24, 2.45) is 4.99 Å². The molecular formula is C34H30Cl2N2O2S. The minimum Gasteiger partial charge on any atom is -0.489 e. The van der Waals surface area contributed by atoms with Gasteiger partial charge in [0.2, 0.25) is 0 Å². The van der Waals surface area contributed by atoms with Crippen LogP contribution in [-0.2, 0) is 11.4 Å².